The van der Waals surface area contributed by atoms with Crippen molar-refractivity contribution in [3.8, 4) is 0 Å². The molecule has 0 saturated heterocycles. The van der Waals surface area contributed by atoms with E-state index >= 15 is 0 Å². The van der Waals surface area contributed by atoms with Crippen LogP contribution >= 0.6 is 0 Å². The standard InChI is InChI=1S/C11H16N2O2S/c12-10-7-4-8-13-11(10)16(14,15)9-5-2-1-3-6-9/h4,7-9H,1-3,5-6,12H2. The summed E-state index contributed by atoms with van der Waals surface area (Å²) in [5.74, 6) is 0. The third-order valence-corrected chi connectivity index (χ3v) is 5.29. The predicted molar refractivity (Wildman–Crippen MR) is 62.7 cm³/mol. The molecule has 88 valence electrons. The zero-order chi connectivity index (χ0) is 11.6. The number of sulfone groups is 1. The number of pyridine rings is 1. The number of rotatable bonds is 2. The lowest BCUT2D eigenvalue weighted by atomic mass is 10.0. The van der Waals surface area contributed by atoms with Gasteiger partial charge in [-0.3, -0.25) is 0 Å². The normalized spacial score (nSPS) is 18.5. The number of anilines is 1. The molecule has 1 saturated carbocycles. The number of hydrogen-bond acceptors (Lipinski definition) is 4. The Balaban J connectivity index is 2.35. The van der Waals surface area contributed by atoms with Gasteiger partial charge in [0.1, 0.15) is 0 Å². The van der Waals surface area contributed by atoms with Crippen LogP contribution < -0.4 is 5.73 Å². The molecule has 1 heterocycles. The molecule has 1 aliphatic carbocycles. The van der Waals surface area contributed by atoms with Crippen molar-refractivity contribution in [2.45, 2.75) is 42.4 Å². The zero-order valence-electron chi connectivity index (χ0n) is 9.09. The Hall–Kier alpha value is -1.10. The first-order valence-corrected chi connectivity index (χ1v) is 7.11. The van der Waals surface area contributed by atoms with Crippen molar-refractivity contribution in [2.75, 3.05) is 5.73 Å². The number of nitrogen functional groups attached to an aromatic ring is 1. The van der Waals surface area contributed by atoms with Crippen LogP contribution in [0, 0.1) is 0 Å². The Bertz CT molecular complexity index is 465. The lowest BCUT2D eigenvalue weighted by Crippen LogP contribution is -2.25. The van der Waals surface area contributed by atoms with Crippen LogP contribution in [0.5, 0.6) is 0 Å². The molecular weight excluding hydrogens is 224 g/mol. The Kier molecular flexibility index (Phi) is 3.14. The zero-order valence-corrected chi connectivity index (χ0v) is 9.91. The highest BCUT2D eigenvalue weighted by molar-refractivity contribution is 7.92. The predicted octanol–water partition coefficient (Wildman–Crippen LogP) is 1.77. The Labute approximate surface area is 95.8 Å². The molecule has 16 heavy (non-hydrogen) atoms. The molecule has 2 rings (SSSR count). The largest absolute Gasteiger partial charge is 0.396 e. The minimum atomic E-state index is -3.33. The van der Waals surface area contributed by atoms with Crippen LogP contribution in [0.4, 0.5) is 5.69 Å². The lowest BCUT2D eigenvalue weighted by Gasteiger charge is -2.21. The summed E-state index contributed by atoms with van der Waals surface area (Å²) in [7, 11) is -3.33. The molecule has 1 aromatic heterocycles. The first kappa shape index (κ1) is 11.4. The van der Waals surface area contributed by atoms with Crippen LogP contribution in [0.25, 0.3) is 0 Å². The van der Waals surface area contributed by atoms with E-state index in [1.807, 2.05) is 0 Å². The topological polar surface area (TPSA) is 73.0 Å². The van der Waals surface area contributed by atoms with Gasteiger partial charge >= 0.3 is 0 Å². The molecular formula is C11H16N2O2S. The van der Waals surface area contributed by atoms with E-state index in [9.17, 15) is 8.42 Å². The van der Waals surface area contributed by atoms with Gasteiger partial charge in [0, 0.05) is 6.20 Å². The first-order chi connectivity index (χ1) is 7.62. The van der Waals surface area contributed by atoms with Crippen LogP contribution in [-0.2, 0) is 9.84 Å². The van der Waals surface area contributed by atoms with Gasteiger partial charge < -0.3 is 5.73 Å². The van der Waals surface area contributed by atoms with Gasteiger partial charge in [-0.2, -0.15) is 0 Å². The van der Waals surface area contributed by atoms with Crippen molar-refractivity contribution in [2.24, 2.45) is 0 Å². The van der Waals surface area contributed by atoms with Gasteiger partial charge in [-0.25, -0.2) is 13.4 Å². The van der Waals surface area contributed by atoms with E-state index in [1.54, 1.807) is 12.1 Å². The maximum atomic E-state index is 12.3. The van der Waals surface area contributed by atoms with Gasteiger partial charge in [0.15, 0.2) is 5.03 Å². The van der Waals surface area contributed by atoms with Crippen LogP contribution in [-0.4, -0.2) is 18.7 Å². The van der Waals surface area contributed by atoms with E-state index in [0.717, 1.165) is 32.1 Å². The minimum absolute atomic E-state index is 0.0573. The van der Waals surface area contributed by atoms with Crippen LogP contribution in [0.1, 0.15) is 32.1 Å². The molecule has 0 spiro atoms. The molecule has 1 aromatic rings. The number of nitrogens with two attached hydrogens (primary N) is 1. The van der Waals surface area contributed by atoms with Crippen molar-refractivity contribution in [1.29, 1.82) is 0 Å². The van der Waals surface area contributed by atoms with Crippen molar-refractivity contribution in [3.05, 3.63) is 18.3 Å². The summed E-state index contributed by atoms with van der Waals surface area (Å²) in [4.78, 5) is 3.91. The molecule has 0 radical (unpaired) electrons. The molecule has 0 amide bonds. The third-order valence-electron chi connectivity index (χ3n) is 3.06. The van der Waals surface area contributed by atoms with E-state index in [2.05, 4.69) is 4.98 Å². The number of aromatic nitrogens is 1. The van der Waals surface area contributed by atoms with E-state index in [-0.39, 0.29) is 16.0 Å². The highest BCUT2D eigenvalue weighted by Gasteiger charge is 2.31. The van der Waals surface area contributed by atoms with Crippen molar-refractivity contribution >= 4 is 15.5 Å². The lowest BCUT2D eigenvalue weighted by molar-refractivity contribution is 0.482. The maximum absolute atomic E-state index is 12.3. The van der Waals surface area contributed by atoms with Crippen LogP contribution in [0.3, 0.4) is 0 Å². The third kappa shape index (κ3) is 2.04. The molecule has 0 aliphatic heterocycles. The molecule has 1 fully saturated rings. The smallest absolute Gasteiger partial charge is 0.200 e. The molecule has 5 heteroatoms. The van der Waals surface area contributed by atoms with Crippen molar-refractivity contribution in [3.63, 3.8) is 0 Å². The fraction of sp³-hybridized carbons (Fsp3) is 0.545. The Morgan fingerprint density at radius 1 is 1.25 bits per heavy atom. The SMILES string of the molecule is Nc1cccnc1S(=O)(=O)C1CCCCC1. The molecule has 0 bridgehead atoms. The highest BCUT2D eigenvalue weighted by Crippen LogP contribution is 2.29. The molecule has 4 nitrogen and oxygen atoms in total. The fourth-order valence-electron chi connectivity index (χ4n) is 2.17. The fourth-order valence-corrected chi connectivity index (χ4v) is 4.05. The van der Waals surface area contributed by atoms with Gasteiger partial charge in [-0.05, 0) is 25.0 Å². The minimum Gasteiger partial charge on any atom is -0.396 e. The van der Waals surface area contributed by atoms with Gasteiger partial charge in [0.25, 0.3) is 0 Å². The van der Waals surface area contributed by atoms with Crippen LogP contribution in [0.2, 0.25) is 0 Å². The van der Waals surface area contributed by atoms with E-state index < -0.39 is 9.84 Å². The van der Waals surface area contributed by atoms with Gasteiger partial charge in [-0.1, -0.05) is 19.3 Å². The molecule has 0 atom stereocenters. The number of hydrogen-bond donors (Lipinski definition) is 1. The van der Waals surface area contributed by atoms with Gasteiger partial charge in [-0.15, -0.1) is 0 Å². The molecule has 1 aliphatic rings. The summed E-state index contributed by atoms with van der Waals surface area (Å²) in [6, 6.07) is 3.23. The second kappa shape index (κ2) is 4.41. The van der Waals surface area contributed by atoms with Crippen LogP contribution in [0.15, 0.2) is 23.4 Å². The molecule has 2 N–H and O–H groups in total. The Morgan fingerprint density at radius 2 is 1.94 bits per heavy atom. The van der Waals surface area contributed by atoms with Crippen molar-refractivity contribution < 1.29 is 8.42 Å². The summed E-state index contributed by atoms with van der Waals surface area (Å²) in [5, 5.41) is -0.236. The van der Waals surface area contributed by atoms with Gasteiger partial charge in [0.05, 0.1) is 10.9 Å². The second-order valence-corrected chi connectivity index (χ2v) is 6.35. The summed E-state index contributed by atoms with van der Waals surface area (Å²) >= 11 is 0. The molecule has 0 unspecified atom stereocenters. The maximum Gasteiger partial charge on any atom is 0.200 e. The number of nitrogens with zero attached hydrogens (tertiary/aromatic N) is 1. The van der Waals surface area contributed by atoms with E-state index in [4.69, 9.17) is 5.73 Å². The Morgan fingerprint density at radius 3 is 2.56 bits per heavy atom. The van der Waals surface area contributed by atoms with Crippen molar-refractivity contribution in [1.82, 2.24) is 4.98 Å². The molecule has 0 aromatic carbocycles. The summed E-state index contributed by atoms with van der Waals surface area (Å²) in [6.07, 6.45) is 6.04. The second-order valence-electron chi connectivity index (χ2n) is 4.20. The van der Waals surface area contributed by atoms with E-state index in [0.29, 0.717) is 0 Å². The average Bonchev–Trinajstić information content (AvgIpc) is 2.30. The van der Waals surface area contributed by atoms with E-state index in [1.165, 1.54) is 6.20 Å². The highest BCUT2D eigenvalue weighted by atomic mass is 32.2. The summed E-state index contributed by atoms with van der Waals surface area (Å²) in [6.45, 7) is 0. The average molecular weight is 240 g/mol. The summed E-state index contributed by atoms with van der Waals surface area (Å²) in [5.41, 5.74) is 5.93. The first-order valence-electron chi connectivity index (χ1n) is 5.57. The monoisotopic (exact) mass is 240 g/mol. The van der Waals surface area contributed by atoms with Gasteiger partial charge in [0.2, 0.25) is 9.84 Å². The quantitative estimate of drug-likeness (QED) is 0.855. The summed E-state index contributed by atoms with van der Waals surface area (Å²) < 4.78 is 24.5.